The first-order chi connectivity index (χ1) is 13.3. The molecule has 2 aromatic carbocycles. The molecule has 0 aliphatic rings. The minimum Gasteiger partial charge on any atom is -0.467 e. The standard InChI is InChI=1S/C21H17N3O2S/c25-20(15-6-2-1-3-7-15)23-17-9-4-8-16(12-17)19-14-27-21(24-19)22-13-18-10-5-11-26-18/h1-12,14H,13H2,(H,22,24)(H,23,25). The zero-order valence-corrected chi connectivity index (χ0v) is 15.2. The summed E-state index contributed by atoms with van der Waals surface area (Å²) in [6.07, 6.45) is 1.65. The van der Waals surface area contributed by atoms with Crippen molar-refractivity contribution >= 4 is 28.1 Å². The Bertz CT molecular complexity index is 1030. The molecule has 0 saturated heterocycles. The molecule has 6 heteroatoms. The summed E-state index contributed by atoms with van der Waals surface area (Å²) in [6.45, 7) is 0.590. The van der Waals surface area contributed by atoms with Crippen LogP contribution in [0.5, 0.6) is 0 Å². The molecule has 1 amide bonds. The largest absolute Gasteiger partial charge is 0.467 e. The number of aromatic nitrogens is 1. The molecular formula is C21H17N3O2S. The highest BCUT2D eigenvalue weighted by molar-refractivity contribution is 7.14. The van der Waals surface area contributed by atoms with E-state index in [0.29, 0.717) is 12.1 Å². The molecule has 0 saturated carbocycles. The number of nitrogens with zero attached hydrogens (tertiary/aromatic N) is 1. The number of furan rings is 1. The molecule has 0 atom stereocenters. The Hall–Kier alpha value is -3.38. The Balaban J connectivity index is 1.45. The number of rotatable bonds is 6. The lowest BCUT2D eigenvalue weighted by atomic mass is 10.1. The van der Waals surface area contributed by atoms with Crippen LogP contribution in [0.1, 0.15) is 16.1 Å². The topological polar surface area (TPSA) is 67.2 Å². The van der Waals surface area contributed by atoms with Crippen LogP contribution in [0.15, 0.2) is 82.8 Å². The molecule has 2 aromatic heterocycles. The van der Waals surface area contributed by atoms with Gasteiger partial charge in [0.15, 0.2) is 5.13 Å². The first kappa shape index (κ1) is 17.1. The van der Waals surface area contributed by atoms with Crippen LogP contribution in [0, 0.1) is 0 Å². The lowest BCUT2D eigenvalue weighted by Gasteiger charge is -2.06. The van der Waals surface area contributed by atoms with Gasteiger partial charge in [-0.05, 0) is 36.4 Å². The van der Waals surface area contributed by atoms with Crippen LogP contribution in [-0.4, -0.2) is 10.9 Å². The average Bonchev–Trinajstić information content (AvgIpc) is 3.39. The van der Waals surface area contributed by atoms with Crippen LogP contribution in [0.2, 0.25) is 0 Å². The maximum atomic E-state index is 12.3. The van der Waals surface area contributed by atoms with Gasteiger partial charge in [-0.25, -0.2) is 4.98 Å². The van der Waals surface area contributed by atoms with E-state index in [0.717, 1.165) is 27.8 Å². The van der Waals surface area contributed by atoms with E-state index < -0.39 is 0 Å². The van der Waals surface area contributed by atoms with E-state index in [1.54, 1.807) is 18.4 Å². The predicted molar refractivity (Wildman–Crippen MR) is 108 cm³/mol. The zero-order chi connectivity index (χ0) is 18.5. The number of carbonyl (C=O) groups excluding carboxylic acids is 1. The van der Waals surface area contributed by atoms with Crippen LogP contribution >= 0.6 is 11.3 Å². The number of carbonyl (C=O) groups is 1. The first-order valence-corrected chi connectivity index (χ1v) is 9.34. The maximum absolute atomic E-state index is 12.3. The highest BCUT2D eigenvalue weighted by atomic mass is 32.1. The smallest absolute Gasteiger partial charge is 0.255 e. The molecule has 0 unspecified atom stereocenters. The van der Waals surface area contributed by atoms with Crippen molar-refractivity contribution in [3.63, 3.8) is 0 Å². The van der Waals surface area contributed by atoms with Crippen LogP contribution in [0.4, 0.5) is 10.8 Å². The van der Waals surface area contributed by atoms with Crippen molar-refractivity contribution in [1.29, 1.82) is 0 Å². The van der Waals surface area contributed by atoms with Gasteiger partial charge in [0.05, 0.1) is 18.5 Å². The lowest BCUT2D eigenvalue weighted by Crippen LogP contribution is -2.11. The highest BCUT2D eigenvalue weighted by Gasteiger charge is 2.08. The van der Waals surface area contributed by atoms with Crippen LogP contribution in [0.25, 0.3) is 11.3 Å². The Morgan fingerprint density at radius 1 is 1.04 bits per heavy atom. The molecule has 134 valence electrons. The number of anilines is 2. The van der Waals surface area contributed by atoms with Gasteiger partial charge < -0.3 is 15.1 Å². The molecule has 27 heavy (non-hydrogen) atoms. The third kappa shape index (κ3) is 4.24. The second-order valence-corrected chi connectivity index (χ2v) is 6.73. The number of nitrogens with one attached hydrogen (secondary N) is 2. The summed E-state index contributed by atoms with van der Waals surface area (Å²) in [5, 5.41) is 8.99. The number of hydrogen-bond acceptors (Lipinski definition) is 5. The average molecular weight is 375 g/mol. The molecular weight excluding hydrogens is 358 g/mol. The zero-order valence-electron chi connectivity index (χ0n) is 14.4. The second-order valence-electron chi connectivity index (χ2n) is 5.87. The summed E-state index contributed by atoms with van der Waals surface area (Å²) in [6, 6.07) is 20.6. The van der Waals surface area contributed by atoms with Crippen LogP contribution in [0.3, 0.4) is 0 Å². The molecule has 5 nitrogen and oxygen atoms in total. The number of amides is 1. The Labute approximate surface area is 160 Å². The van der Waals surface area contributed by atoms with E-state index in [9.17, 15) is 4.79 Å². The third-order valence-electron chi connectivity index (χ3n) is 3.95. The number of hydrogen-bond donors (Lipinski definition) is 2. The fourth-order valence-corrected chi connectivity index (χ4v) is 3.33. The van der Waals surface area contributed by atoms with Gasteiger partial charge in [-0.3, -0.25) is 4.79 Å². The first-order valence-electron chi connectivity index (χ1n) is 8.46. The van der Waals surface area contributed by atoms with Gasteiger partial charge in [-0.2, -0.15) is 0 Å². The fraction of sp³-hybridized carbons (Fsp3) is 0.0476. The van der Waals surface area contributed by atoms with Gasteiger partial charge in [0.1, 0.15) is 5.76 Å². The van der Waals surface area contributed by atoms with Crippen molar-refractivity contribution < 1.29 is 9.21 Å². The molecule has 4 aromatic rings. The number of benzene rings is 2. The van der Waals surface area contributed by atoms with E-state index in [-0.39, 0.29) is 5.91 Å². The second kappa shape index (κ2) is 7.88. The van der Waals surface area contributed by atoms with Gasteiger partial charge in [-0.1, -0.05) is 30.3 Å². The molecule has 0 radical (unpaired) electrons. The molecule has 0 aliphatic carbocycles. The van der Waals surface area contributed by atoms with Crippen molar-refractivity contribution in [2.75, 3.05) is 10.6 Å². The predicted octanol–water partition coefficient (Wildman–Crippen LogP) is 5.27. The van der Waals surface area contributed by atoms with Gasteiger partial charge >= 0.3 is 0 Å². The van der Waals surface area contributed by atoms with E-state index in [2.05, 4.69) is 15.6 Å². The van der Waals surface area contributed by atoms with Gasteiger partial charge in [0, 0.05) is 22.2 Å². The summed E-state index contributed by atoms with van der Waals surface area (Å²) in [4.78, 5) is 16.9. The number of thiazole rings is 1. The summed E-state index contributed by atoms with van der Waals surface area (Å²) < 4.78 is 5.31. The molecule has 2 N–H and O–H groups in total. The molecule has 0 aliphatic heterocycles. The Kier molecular flexibility index (Phi) is 4.98. The minimum absolute atomic E-state index is 0.133. The molecule has 0 bridgehead atoms. The lowest BCUT2D eigenvalue weighted by molar-refractivity contribution is 0.102. The van der Waals surface area contributed by atoms with Gasteiger partial charge in [0.25, 0.3) is 5.91 Å². The van der Waals surface area contributed by atoms with Crippen molar-refractivity contribution in [1.82, 2.24) is 4.98 Å². The van der Waals surface area contributed by atoms with E-state index in [1.807, 2.05) is 60.0 Å². The van der Waals surface area contributed by atoms with Crippen LogP contribution in [-0.2, 0) is 6.54 Å². The van der Waals surface area contributed by atoms with Gasteiger partial charge in [0.2, 0.25) is 0 Å². The molecule has 0 fully saturated rings. The Morgan fingerprint density at radius 3 is 2.74 bits per heavy atom. The van der Waals surface area contributed by atoms with E-state index >= 15 is 0 Å². The normalized spacial score (nSPS) is 10.5. The summed E-state index contributed by atoms with van der Waals surface area (Å²) >= 11 is 1.53. The summed E-state index contributed by atoms with van der Waals surface area (Å²) in [5.41, 5.74) is 3.17. The quantitative estimate of drug-likeness (QED) is 0.482. The SMILES string of the molecule is O=C(Nc1cccc(-c2csc(NCc3ccco3)n2)c1)c1ccccc1. The van der Waals surface area contributed by atoms with E-state index in [1.165, 1.54) is 11.3 Å². The van der Waals surface area contributed by atoms with Crippen LogP contribution < -0.4 is 10.6 Å². The third-order valence-corrected chi connectivity index (χ3v) is 4.75. The fourth-order valence-electron chi connectivity index (χ4n) is 2.61. The molecule has 0 spiro atoms. The summed E-state index contributed by atoms with van der Waals surface area (Å²) in [5.74, 6) is 0.726. The van der Waals surface area contributed by atoms with Crippen molar-refractivity contribution in [3.8, 4) is 11.3 Å². The van der Waals surface area contributed by atoms with Crippen molar-refractivity contribution in [2.24, 2.45) is 0 Å². The Morgan fingerprint density at radius 2 is 1.93 bits per heavy atom. The van der Waals surface area contributed by atoms with Crippen molar-refractivity contribution in [2.45, 2.75) is 6.54 Å². The van der Waals surface area contributed by atoms with E-state index in [4.69, 9.17) is 4.42 Å². The minimum atomic E-state index is -0.133. The summed E-state index contributed by atoms with van der Waals surface area (Å²) in [7, 11) is 0. The van der Waals surface area contributed by atoms with Crippen molar-refractivity contribution in [3.05, 3.63) is 89.7 Å². The molecule has 2 heterocycles. The van der Waals surface area contributed by atoms with Gasteiger partial charge in [-0.15, -0.1) is 11.3 Å². The monoisotopic (exact) mass is 375 g/mol. The molecule has 4 rings (SSSR count). The highest BCUT2D eigenvalue weighted by Crippen LogP contribution is 2.27. The maximum Gasteiger partial charge on any atom is 0.255 e.